The number of aliphatic hydroxyl groups is 1. The zero-order chi connectivity index (χ0) is 17.3. The zero-order valence-corrected chi connectivity index (χ0v) is 14.2. The van der Waals surface area contributed by atoms with E-state index in [0.717, 1.165) is 11.1 Å². The number of aromatic nitrogens is 2. The molecule has 1 aromatic carbocycles. The maximum Gasteiger partial charge on any atom is 0.262 e. The number of benzene rings is 1. The minimum Gasteiger partial charge on any atom is -0.392 e. The van der Waals surface area contributed by atoms with Crippen LogP contribution in [-0.2, 0) is 20.2 Å². The quantitative estimate of drug-likeness (QED) is 0.755. The number of nitrogens with zero attached hydrogens (tertiary/aromatic N) is 2. The van der Waals surface area contributed by atoms with Crippen molar-refractivity contribution in [3.63, 3.8) is 0 Å². The summed E-state index contributed by atoms with van der Waals surface area (Å²) in [7, 11) is 1.64. The van der Waals surface area contributed by atoms with Gasteiger partial charge in [-0.05, 0) is 23.6 Å². The van der Waals surface area contributed by atoms with Gasteiger partial charge in [0, 0.05) is 13.6 Å². The lowest BCUT2D eigenvalue weighted by molar-refractivity contribution is 0.0954. The Morgan fingerprint density at radius 3 is 2.75 bits per heavy atom. The van der Waals surface area contributed by atoms with Gasteiger partial charge in [0.25, 0.3) is 11.5 Å². The molecule has 0 aliphatic carbocycles. The number of aliphatic hydroxyl groups excluding tert-OH is 1. The van der Waals surface area contributed by atoms with Gasteiger partial charge in [0.15, 0.2) is 0 Å². The molecule has 0 saturated carbocycles. The molecule has 0 spiro atoms. The van der Waals surface area contributed by atoms with Crippen molar-refractivity contribution in [2.75, 3.05) is 0 Å². The van der Waals surface area contributed by atoms with E-state index in [-0.39, 0.29) is 18.1 Å². The van der Waals surface area contributed by atoms with Crippen LogP contribution < -0.4 is 10.9 Å². The van der Waals surface area contributed by atoms with E-state index in [1.54, 1.807) is 14.0 Å². The van der Waals surface area contributed by atoms with Crippen LogP contribution in [0, 0.1) is 6.92 Å². The summed E-state index contributed by atoms with van der Waals surface area (Å²) in [4.78, 5) is 30.0. The SMILES string of the molecule is Cc1c(C(=O)NCc2ccccc2CO)sc2ncn(C)c(=O)c12. The van der Waals surface area contributed by atoms with E-state index in [1.165, 1.54) is 22.2 Å². The average molecular weight is 343 g/mol. The summed E-state index contributed by atoms with van der Waals surface area (Å²) in [5, 5.41) is 12.7. The Kier molecular flexibility index (Phi) is 4.46. The molecule has 0 saturated heterocycles. The third-order valence-corrected chi connectivity index (χ3v) is 5.14. The molecule has 2 N–H and O–H groups in total. The maximum atomic E-state index is 12.5. The molecule has 124 valence electrons. The van der Waals surface area contributed by atoms with Crippen LogP contribution in [0.1, 0.15) is 26.4 Å². The maximum absolute atomic E-state index is 12.5. The van der Waals surface area contributed by atoms with Gasteiger partial charge in [0.2, 0.25) is 0 Å². The summed E-state index contributed by atoms with van der Waals surface area (Å²) in [5.41, 5.74) is 2.14. The minimum absolute atomic E-state index is 0.0755. The molecule has 0 fully saturated rings. The Bertz CT molecular complexity index is 975. The van der Waals surface area contributed by atoms with Gasteiger partial charge in [0.1, 0.15) is 4.83 Å². The Morgan fingerprint density at radius 2 is 2.04 bits per heavy atom. The van der Waals surface area contributed by atoms with Crippen LogP contribution in [0.25, 0.3) is 10.2 Å². The number of rotatable bonds is 4. The third kappa shape index (κ3) is 2.83. The molecule has 2 heterocycles. The second kappa shape index (κ2) is 6.54. The number of carbonyl (C=O) groups is 1. The summed E-state index contributed by atoms with van der Waals surface area (Å²) in [6.45, 7) is 2.00. The Hall–Kier alpha value is -2.51. The van der Waals surface area contributed by atoms with Gasteiger partial charge >= 0.3 is 0 Å². The number of hydrogen-bond acceptors (Lipinski definition) is 5. The van der Waals surface area contributed by atoms with E-state index in [4.69, 9.17) is 0 Å². The Balaban J connectivity index is 1.88. The van der Waals surface area contributed by atoms with Crippen molar-refractivity contribution in [2.45, 2.75) is 20.1 Å². The van der Waals surface area contributed by atoms with Crippen molar-refractivity contribution in [3.8, 4) is 0 Å². The summed E-state index contributed by atoms with van der Waals surface area (Å²) in [6, 6.07) is 7.38. The molecule has 24 heavy (non-hydrogen) atoms. The van der Waals surface area contributed by atoms with E-state index in [1.807, 2.05) is 24.3 Å². The lowest BCUT2D eigenvalue weighted by Gasteiger charge is -2.08. The van der Waals surface area contributed by atoms with Crippen LogP contribution in [0.3, 0.4) is 0 Å². The van der Waals surface area contributed by atoms with Crippen molar-refractivity contribution in [3.05, 3.63) is 62.5 Å². The summed E-state index contributed by atoms with van der Waals surface area (Å²) in [5.74, 6) is -0.245. The molecular formula is C17H17N3O3S. The van der Waals surface area contributed by atoms with E-state index in [0.29, 0.717) is 27.2 Å². The predicted octanol–water partition coefficient (Wildman–Crippen LogP) is 1.73. The van der Waals surface area contributed by atoms with Crippen molar-refractivity contribution < 1.29 is 9.90 Å². The highest BCUT2D eigenvalue weighted by atomic mass is 32.1. The molecule has 0 unspecified atom stereocenters. The highest BCUT2D eigenvalue weighted by molar-refractivity contribution is 7.20. The molecule has 0 aliphatic rings. The van der Waals surface area contributed by atoms with Crippen LogP contribution in [0.4, 0.5) is 0 Å². The fraction of sp³-hybridized carbons (Fsp3) is 0.235. The fourth-order valence-electron chi connectivity index (χ4n) is 2.57. The lowest BCUT2D eigenvalue weighted by atomic mass is 10.1. The van der Waals surface area contributed by atoms with Crippen LogP contribution in [0.5, 0.6) is 0 Å². The average Bonchev–Trinajstić information content (AvgIpc) is 2.93. The first kappa shape index (κ1) is 16.4. The summed E-state index contributed by atoms with van der Waals surface area (Å²) < 4.78 is 1.40. The first-order valence-electron chi connectivity index (χ1n) is 7.43. The molecule has 0 atom stereocenters. The number of hydrogen-bond donors (Lipinski definition) is 2. The first-order valence-corrected chi connectivity index (χ1v) is 8.25. The second-order valence-electron chi connectivity index (χ2n) is 5.51. The van der Waals surface area contributed by atoms with Gasteiger partial charge in [-0.1, -0.05) is 24.3 Å². The number of thiophene rings is 1. The van der Waals surface area contributed by atoms with Crippen molar-refractivity contribution >= 4 is 27.5 Å². The number of nitrogens with one attached hydrogen (secondary N) is 1. The lowest BCUT2D eigenvalue weighted by Crippen LogP contribution is -2.23. The van der Waals surface area contributed by atoms with Crippen LogP contribution in [0.2, 0.25) is 0 Å². The van der Waals surface area contributed by atoms with Crippen molar-refractivity contribution in [1.82, 2.24) is 14.9 Å². The van der Waals surface area contributed by atoms with Crippen LogP contribution in [0.15, 0.2) is 35.4 Å². The summed E-state index contributed by atoms with van der Waals surface area (Å²) in [6.07, 6.45) is 1.46. The number of carbonyl (C=O) groups excluding carboxylic acids is 1. The molecule has 6 nitrogen and oxygen atoms in total. The van der Waals surface area contributed by atoms with Gasteiger partial charge in [-0.3, -0.25) is 9.59 Å². The molecule has 7 heteroatoms. The molecular weight excluding hydrogens is 326 g/mol. The Labute approximate surface area is 142 Å². The van der Waals surface area contributed by atoms with E-state index in [9.17, 15) is 14.7 Å². The minimum atomic E-state index is -0.245. The van der Waals surface area contributed by atoms with E-state index < -0.39 is 0 Å². The van der Waals surface area contributed by atoms with E-state index >= 15 is 0 Å². The molecule has 0 bridgehead atoms. The molecule has 3 aromatic rings. The predicted molar refractivity (Wildman–Crippen MR) is 93.1 cm³/mol. The molecule has 2 aromatic heterocycles. The van der Waals surface area contributed by atoms with Gasteiger partial charge < -0.3 is 15.0 Å². The van der Waals surface area contributed by atoms with Gasteiger partial charge in [0.05, 0.1) is 23.2 Å². The smallest absolute Gasteiger partial charge is 0.262 e. The van der Waals surface area contributed by atoms with Crippen LogP contribution in [-0.4, -0.2) is 20.6 Å². The summed E-state index contributed by atoms with van der Waals surface area (Å²) >= 11 is 1.21. The first-order chi connectivity index (χ1) is 11.5. The zero-order valence-electron chi connectivity index (χ0n) is 13.4. The largest absolute Gasteiger partial charge is 0.392 e. The van der Waals surface area contributed by atoms with E-state index in [2.05, 4.69) is 10.3 Å². The number of amides is 1. The number of fused-ring (bicyclic) bond motifs is 1. The fourth-order valence-corrected chi connectivity index (χ4v) is 3.62. The highest BCUT2D eigenvalue weighted by Gasteiger charge is 2.19. The monoisotopic (exact) mass is 343 g/mol. The van der Waals surface area contributed by atoms with Crippen LogP contribution >= 0.6 is 11.3 Å². The van der Waals surface area contributed by atoms with Gasteiger partial charge in [-0.15, -0.1) is 11.3 Å². The van der Waals surface area contributed by atoms with Gasteiger partial charge in [-0.25, -0.2) is 4.98 Å². The molecule has 1 amide bonds. The topological polar surface area (TPSA) is 84.2 Å². The van der Waals surface area contributed by atoms with Crippen molar-refractivity contribution in [2.24, 2.45) is 7.05 Å². The third-order valence-electron chi connectivity index (χ3n) is 3.94. The molecule has 0 aliphatic heterocycles. The highest BCUT2D eigenvalue weighted by Crippen LogP contribution is 2.26. The van der Waals surface area contributed by atoms with Gasteiger partial charge in [-0.2, -0.15) is 0 Å². The standard InChI is InChI=1S/C17H17N3O3S/c1-10-13-16(19-9-20(2)17(13)23)24-14(10)15(22)18-7-11-5-3-4-6-12(11)8-21/h3-6,9,21H,7-8H2,1-2H3,(H,18,22). The Morgan fingerprint density at radius 1 is 1.33 bits per heavy atom. The molecule has 3 rings (SSSR count). The second-order valence-corrected chi connectivity index (χ2v) is 6.51. The van der Waals surface area contributed by atoms with Crippen molar-refractivity contribution in [1.29, 1.82) is 0 Å². The number of aryl methyl sites for hydroxylation is 2. The molecule has 0 radical (unpaired) electrons. The normalized spacial score (nSPS) is 11.0.